The minimum atomic E-state index is 0. The average Bonchev–Trinajstić information content (AvgIpc) is 2.76. The van der Waals surface area contributed by atoms with Crippen LogP contribution in [0.2, 0.25) is 0 Å². The monoisotopic (exact) mass is 503 g/mol. The fourth-order valence-electron chi connectivity index (χ4n) is 2.63. The molecule has 7 heteroatoms. The second-order valence-electron chi connectivity index (χ2n) is 6.20. The Balaban J connectivity index is 0.00000300. The van der Waals surface area contributed by atoms with Crippen LogP contribution < -0.4 is 15.4 Å². The predicted octanol–water partition coefficient (Wildman–Crippen LogP) is 3.58. The van der Waals surface area contributed by atoms with Crippen molar-refractivity contribution in [3.63, 3.8) is 0 Å². The van der Waals surface area contributed by atoms with Crippen molar-refractivity contribution >= 4 is 29.9 Å². The number of ether oxygens (including phenoxy) is 1. The maximum absolute atomic E-state index is 5.79. The molecule has 0 aliphatic heterocycles. The summed E-state index contributed by atoms with van der Waals surface area (Å²) in [4.78, 5) is 12.9. The number of guanidine groups is 1. The molecule has 3 rings (SSSR count). The molecule has 0 saturated carbocycles. The summed E-state index contributed by atoms with van der Waals surface area (Å²) in [6.07, 6.45) is 4.41. The highest BCUT2D eigenvalue weighted by molar-refractivity contribution is 14.0. The fourth-order valence-corrected chi connectivity index (χ4v) is 2.63. The lowest BCUT2D eigenvalue weighted by Crippen LogP contribution is -2.37. The molecule has 0 bridgehead atoms. The number of nitrogens with one attached hydrogen (secondary N) is 2. The van der Waals surface area contributed by atoms with E-state index in [0.717, 1.165) is 35.7 Å². The van der Waals surface area contributed by atoms with Crippen molar-refractivity contribution in [3.05, 3.63) is 89.9 Å². The molecule has 0 fully saturated rings. The van der Waals surface area contributed by atoms with E-state index in [4.69, 9.17) is 4.74 Å². The smallest absolute Gasteiger partial charge is 0.213 e. The molecule has 0 aliphatic carbocycles. The van der Waals surface area contributed by atoms with Gasteiger partial charge in [0.25, 0.3) is 0 Å². The molecule has 2 N–H and O–H groups in total. The van der Waals surface area contributed by atoms with E-state index < -0.39 is 0 Å². The third-order valence-electron chi connectivity index (χ3n) is 4.11. The summed E-state index contributed by atoms with van der Waals surface area (Å²) in [5.74, 6) is 1.36. The third kappa shape index (κ3) is 8.06. The van der Waals surface area contributed by atoms with Crippen molar-refractivity contribution in [2.45, 2.75) is 19.6 Å². The Bertz CT molecular complexity index is 875. The molecule has 6 nitrogen and oxygen atoms in total. The largest absolute Gasteiger partial charge is 0.473 e. The second kappa shape index (κ2) is 12.7. The predicted molar refractivity (Wildman–Crippen MR) is 127 cm³/mol. The fraction of sp³-hybridized carbons (Fsp3) is 0.227. The molecule has 0 saturated heterocycles. The van der Waals surface area contributed by atoms with Gasteiger partial charge in [-0.2, -0.15) is 0 Å². The van der Waals surface area contributed by atoms with Crippen LogP contribution in [0.5, 0.6) is 5.88 Å². The summed E-state index contributed by atoms with van der Waals surface area (Å²) in [5, 5.41) is 6.61. The summed E-state index contributed by atoms with van der Waals surface area (Å²) in [7, 11) is 1.76. The standard InChI is InChI=1S/C22H25N5O.HI/c1-23-22(26-14-11-20-9-5-6-12-24-20)27-16-19-10-13-25-21(15-19)28-17-18-7-3-2-4-8-18;/h2-10,12-13,15H,11,14,16-17H2,1H3,(H2,23,26,27);1H. The van der Waals surface area contributed by atoms with Gasteiger partial charge in [0.2, 0.25) is 5.88 Å². The van der Waals surface area contributed by atoms with Crippen LogP contribution in [0.4, 0.5) is 0 Å². The molecule has 2 heterocycles. The Kier molecular flexibility index (Phi) is 9.91. The number of hydrogen-bond acceptors (Lipinski definition) is 4. The lowest BCUT2D eigenvalue weighted by molar-refractivity contribution is 0.293. The highest BCUT2D eigenvalue weighted by atomic mass is 127. The molecule has 0 amide bonds. The van der Waals surface area contributed by atoms with Crippen LogP contribution in [0.15, 0.2) is 78.0 Å². The van der Waals surface area contributed by atoms with E-state index in [-0.39, 0.29) is 24.0 Å². The number of pyridine rings is 2. The summed E-state index contributed by atoms with van der Waals surface area (Å²) in [6.45, 7) is 1.90. The van der Waals surface area contributed by atoms with Crippen molar-refractivity contribution < 1.29 is 4.74 Å². The van der Waals surface area contributed by atoms with E-state index in [1.807, 2.05) is 66.9 Å². The van der Waals surface area contributed by atoms with Gasteiger partial charge >= 0.3 is 0 Å². The van der Waals surface area contributed by atoms with Gasteiger partial charge in [-0.15, -0.1) is 24.0 Å². The lowest BCUT2D eigenvalue weighted by atomic mass is 10.2. The topological polar surface area (TPSA) is 71.4 Å². The number of hydrogen-bond donors (Lipinski definition) is 2. The molecule has 3 aromatic rings. The van der Waals surface area contributed by atoms with E-state index in [1.165, 1.54) is 0 Å². The third-order valence-corrected chi connectivity index (χ3v) is 4.11. The molecule has 1 aromatic carbocycles. The zero-order chi connectivity index (χ0) is 19.4. The number of benzene rings is 1. The first-order valence-corrected chi connectivity index (χ1v) is 9.29. The lowest BCUT2D eigenvalue weighted by Gasteiger charge is -2.12. The molecular formula is C22H26IN5O. The molecule has 0 atom stereocenters. The summed E-state index contributed by atoms with van der Waals surface area (Å²) in [5.41, 5.74) is 3.25. The van der Waals surface area contributed by atoms with Crippen LogP contribution in [0.25, 0.3) is 0 Å². The zero-order valence-electron chi connectivity index (χ0n) is 16.4. The van der Waals surface area contributed by atoms with Crippen LogP contribution in [-0.4, -0.2) is 29.5 Å². The maximum Gasteiger partial charge on any atom is 0.213 e. The van der Waals surface area contributed by atoms with Crippen molar-refractivity contribution in [3.8, 4) is 5.88 Å². The van der Waals surface area contributed by atoms with Crippen molar-refractivity contribution in [2.24, 2.45) is 4.99 Å². The van der Waals surface area contributed by atoms with Crippen LogP contribution in [0.1, 0.15) is 16.8 Å². The Morgan fingerprint density at radius 3 is 2.52 bits per heavy atom. The first-order valence-electron chi connectivity index (χ1n) is 9.29. The minimum absolute atomic E-state index is 0. The number of rotatable bonds is 8. The van der Waals surface area contributed by atoms with Crippen LogP contribution in [0.3, 0.4) is 0 Å². The maximum atomic E-state index is 5.79. The Morgan fingerprint density at radius 1 is 0.931 bits per heavy atom. The number of halogens is 1. The van der Waals surface area contributed by atoms with Gasteiger partial charge in [0.15, 0.2) is 5.96 Å². The van der Waals surface area contributed by atoms with E-state index in [2.05, 4.69) is 25.6 Å². The van der Waals surface area contributed by atoms with Gasteiger partial charge in [-0.3, -0.25) is 9.98 Å². The first kappa shape index (κ1) is 22.6. The molecule has 0 unspecified atom stereocenters. The number of aromatic nitrogens is 2. The van der Waals surface area contributed by atoms with Crippen LogP contribution in [0, 0.1) is 0 Å². The van der Waals surface area contributed by atoms with Crippen LogP contribution >= 0.6 is 24.0 Å². The molecule has 2 aromatic heterocycles. The molecule has 0 spiro atoms. The van der Waals surface area contributed by atoms with E-state index in [1.54, 1.807) is 13.2 Å². The normalized spacial score (nSPS) is 10.7. The van der Waals surface area contributed by atoms with Gasteiger partial charge in [-0.1, -0.05) is 36.4 Å². The molecule has 0 radical (unpaired) electrons. The Hall–Kier alpha value is -2.68. The highest BCUT2D eigenvalue weighted by Crippen LogP contribution is 2.11. The number of aliphatic imine (C=N–C) groups is 1. The van der Waals surface area contributed by atoms with Crippen molar-refractivity contribution in [1.29, 1.82) is 0 Å². The van der Waals surface area contributed by atoms with Gasteiger partial charge in [0.1, 0.15) is 6.61 Å². The van der Waals surface area contributed by atoms with Crippen molar-refractivity contribution in [1.82, 2.24) is 20.6 Å². The molecule has 0 aliphatic rings. The summed E-state index contributed by atoms with van der Waals surface area (Å²) < 4.78 is 5.79. The molecule has 29 heavy (non-hydrogen) atoms. The Labute approximate surface area is 188 Å². The van der Waals surface area contributed by atoms with Gasteiger partial charge in [0, 0.05) is 50.7 Å². The van der Waals surface area contributed by atoms with Crippen LogP contribution in [-0.2, 0) is 19.6 Å². The number of nitrogens with zero attached hydrogens (tertiary/aromatic N) is 3. The first-order chi connectivity index (χ1) is 13.8. The van der Waals surface area contributed by atoms with Gasteiger partial charge in [0.05, 0.1) is 0 Å². The van der Waals surface area contributed by atoms with E-state index >= 15 is 0 Å². The quantitative estimate of drug-likeness (QED) is 0.280. The van der Waals surface area contributed by atoms with Gasteiger partial charge in [-0.25, -0.2) is 4.98 Å². The minimum Gasteiger partial charge on any atom is -0.473 e. The Morgan fingerprint density at radius 2 is 1.76 bits per heavy atom. The summed E-state index contributed by atoms with van der Waals surface area (Å²) in [6, 6.07) is 19.9. The summed E-state index contributed by atoms with van der Waals surface area (Å²) >= 11 is 0. The van der Waals surface area contributed by atoms with Crippen molar-refractivity contribution in [2.75, 3.05) is 13.6 Å². The van der Waals surface area contributed by atoms with E-state index in [9.17, 15) is 0 Å². The molecule has 152 valence electrons. The van der Waals surface area contributed by atoms with Gasteiger partial charge < -0.3 is 15.4 Å². The average molecular weight is 503 g/mol. The molecular weight excluding hydrogens is 477 g/mol. The van der Waals surface area contributed by atoms with E-state index in [0.29, 0.717) is 19.0 Å². The SMILES string of the molecule is CN=C(NCCc1ccccn1)NCc1ccnc(OCc2ccccc2)c1.I. The van der Waals surface area contributed by atoms with Gasteiger partial charge in [-0.05, 0) is 29.3 Å². The second-order valence-corrected chi connectivity index (χ2v) is 6.20. The highest BCUT2D eigenvalue weighted by Gasteiger charge is 2.02. The zero-order valence-corrected chi connectivity index (χ0v) is 18.7.